The Morgan fingerprint density at radius 1 is 1.17 bits per heavy atom. The van der Waals surface area contributed by atoms with Gasteiger partial charge in [0.2, 0.25) is 0 Å². The summed E-state index contributed by atoms with van der Waals surface area (Å²) in [5.41, 5.74) is 1.89. The van der Waals surface area contributed by atoms with E-state index >= 15 is 0 Å². The lowest BCUT2D eigenvalue weighted by Gasteiger charge is -2.54. The maximum atomic E-state index is 13.2. The van der Waals surface area contributed by atoms with Crippen LogP contribution in [-0.4, -0.2) is 42.6 Å². The van der Waals surface area contributed by atoms with Gasteiger partial charge in [-0.1, -0.05) is 19.1 Å². The van der Waals surface area contributed by atoms with E-state index in [1.165, 1.54) is 37.7 Å². The first-order valence-electron chi connectivity index (χ1n) is 11.8. The third-order valence-corrected chi connectivity index (χ3v) is 8.18. The molecule has 0 spiro atoms. The van der Waals surface area contributed by atoms with Crippen LogP contribution in [0, 0.1) is 35.0 Å². The van der Waals surface area contributed by atoms with Gasteiger partial charge >= 0.3 is 0 Å². The summed E-state index contributed by atoms with van der Waals surface area (Å²) in [5, 5.41) is 12.5. The Kier molecular flexibility index (Phi) is 5.56. The van der Waals surface area contributed by atoms with Gasteiger partial charge in [-0.15, -0.1) is 0 Å². The van der Waals surface area contributed by atoms with Crippen LogP contribution < -0.4 is 5.32 Å². The Hall–Kier alpha value is -1.90. The average molecular weight is 408 g/mol. The van der Waals surface area contributed by atoms with Crippen LogP contribution in [-0.2, 0) is 9.53 Å². The zero-order valence-electron chi connectivity index (χ0n) is 17.9. The number of amides is 1. The van der Waals surface area contributed by atoms with Gasteiger partial charge in [-0.05, 0) is 79.9 Å². The zero-order chi connectivity index (χ0) is 20.7. The van der Waals surface area contributed by atoms with Crippen molar-refractivity contribution in [2.75, 3.05) is 19.7 Å². The molecule has 1 heterocycles. The van der Waals surface area contributed by atoms with Crippen molar-refractivity contribution in [3.8, 4) is 6.07 Å². The standard InChI is InChI=1S/C25H33N3O2/c1-2-22(19-5-3-16(14-26)4-6-19)28-7-8-30-23(15-28)25(29)27-24-20-10-17-9-18(12-20)13-21(24)11-17/h3-6,17-18,20-24H,2,7-13,15H2,1H3,(H,27,29). The fraction of sp³-hybridized carbons (Fsp3) is 0.680. The molecule has 4 bridgehead atoms. The number of benzene rings is 1. The summed E-state index contributed by atoms with van der Waals surface area (Å²) < 4.78 is 5.93. The summed E-state index contributed by atoms with van der Waals surface area (Å²) in [5.74, 6) is 3.30. The van der Waals surface area contributed by atoms with Crippen molar-refractivity contribution in [3.05, 3.63) is 35.4 Å². The Balaban J connectivity index is 1.23. The third-order valence-electron chi connectivity index (χ3n) is 8.18. The molecule has 2 unspecified atom stereocenters. The van der Waals surface area contributed by atoms with E-state index in [-0.39, 0.29) is 18.1 Å². The molecule has 1 amide bonds. The molecule has 1 N–H and O–H groups in total. The molecule has 5 heteroatoms. The summed E-state index contributed by atoms with van der Waals surface area (Å²) in [6.45, 7) is 4.24. The predicted octanol–water partition coefficient (Wildman–Crippen LogP) is 3.65. The molecule has 2 atom stereocenters. The molecule has 4 aliphatic carbocycles. The monoisotopic (exact) mass is 407 g/mol. The van der Waals surface area contributed by atoms with E-state index < -0.39 is 0 Å². The van der Waals surface area contributed by atoms with E-state index in [9.17, 15) is 4.79 Å². The number of nitriles is 1. The van der Waals surface area contributed by atoms with E-state index in [2.05, 4.69) is 23.2 Å². The van der Waals surface area contributed by atoms with Crippen LogP contribution >= 0.6 is 0 Å². The Labute approximate surface area is 179 Å². The van der Waals surface area contributed by atoms with Crippen molar-refractivity contribution in [2.45, 2.75) is 63.6 Å². The zero-order valence-corrected chi connectivity index (χ0v) is 17.9. The van der Waals surface area contributed by atoms with Gasteiger partial charge in [-0.3, -0.25) is 9.69 Å². The van der Waals surface area contributed by atoms with Gasteiger partial charge in [0.05, 0.1) is 18.2 Å². The lowest BCUT2D eigenvalue weighted by atomic mass is 9.54. The second kappa shape index (κ2) is 8.32. The predicted molar refractivity (Wildman–Crippen MR) is 114 cm³/mol. The van der Waals surface area contributed by atoms with Crippen molar-refractivity contribution >= 4 is 5.91 Å². The number of carbonyl (C=O) groups is 1. The van der Waals surface area contributed by atoms with Gasteiger partial charge < -0.3 is 10.1 Å². The summed E-state index contributed by atoms with van der Waals surface area (Å²) >= 11 is 0. The van der Waals surface area contributed by atoms with Gasteiger partial charge in [-0.2, -0.15) is 5.26 Å². The lowest BCUT2D eigenvalue weighted by Crippen LogP contribution is -2.59. The largest absolute Gasteiger partial charge is 0.366 e. The van der Waals surface area contributed by atoms with Gasteiger partial charge in [0, 0.05) is 25.2 Å². The second-order valence-corrected chi connectivity index (χ2v) is 9.98. The van der Waals surface area contributed by atoms with Gasteiger partial charge in [0.25, 0.3) is 5.91 Å². The fourth-order valence-corrected chi connectivity index (χ4v) is 7.01. The number of hydrogen-bond donors (Lipinski definition) is 1. The topological polar surface area (TPSA) is 65.4 Å². The number of carbonyl (C=O) groups excluding carboxylic acids is 1. The summed E-state index contributed by atoms with van der Waals surface area (Å²) in [7, 11) is 0. The Morgan fingerprint density at radius 3 is 2.43 bits per heavy atom. The minimum Gasteiger partial charge on any atom is -0.366 e. The molecule has 4 saturated carbocycles. The van der Waals surface area contributed by atoms with Crippen molar-refractivity contribution in [1.82, 2.24) is 10.2 Å². The molecule has 0 radical (unpaired) electrons. The van der Waals surface area contributed by atoms with Crippen LogP contribution in [0.1, 0.15) is 62.6 Å². The number of nitrogens with zero attached hydrogens (tertiary/aromatic N) is 2. The van der Waals surface area contributed by atoms with Crippen LogP contribution in [0.25, 0.3) is 0 Å². The van der Waals surface area contributed by atoms with E-state index in [4.69, 9.17) is 10.00 Å². The molecule has 0 aromatic heterocycles. The lowest BCUT2D eigenvalue weighted by molar-refractivity contribution is -0.143. The van der Waals surface area contributed by atoms with Gasteiger partial charge in [-0.25, -0.2) is 0 Å². The first kappa shape index (κ1) is 20.0. The van der Waals surface area contributed by atoms with Crippen molar-refractivity contribution in [1.29, 1.82) is 5.26 Å². The fourth-order valence-electron chi connectivity index (χ4n) is 7.01. The summed E-state index contributed by atoms with van der Waals surface area (Å²) in [6, 6.07) is 10.7. The molecule has 5 nitrogen and oxygen atoms in total. The van der Waals surface area contributed by atoms with Crippen LogP contribution in [0.5, 0.6) is 0 Å². The number of ether oxygens (including phenoxy) is 1. The van der Waals surface area contributed by atoms with E-state index in [0.717, 1.165) is 24.8 Å². The molecule has 6 rings (SSSR count). The number of nitrogens with one attached hydrogen (secondary N) is 1. The highest BCUT2D eigenvalue weighted by atomic mass is 16.5. The minimum atomic E-state index is -0.386. The molecular weight excluding hydrogens is 374 g/mol. The van der Waals surface area contributed by atoms with Crippen LogP contribution in [0.4, 0.5) is 0 Å². The maximum Gasteiger partial charge on any atom is 0.250 e. The number of hydrogen-bond acceptors (Lipinski definition) is 4. The molecule has 1 aromatic carbocycles. The van der Waals surface area contributed by atoms with Crippen LogP contribution in [0.15, 0.2) is 24.3 Å². The molecule has 1 aromatic rings. The normalized spacial score (nSPS) is 36.3. The Bertz CT molecular complexity index is 787. The van der Waals surface area contributed by atoms with Crippen molar-refractivity contribution in [3.63, 3.8) is 0 Å². The molecule has 160 valence electrons. The van der Waals surface area contributed by atoms with Crippen molar-refractivity contribution < 1.29 is 9.53 Å². The van der Waals surface area contributed by atoms with Gasteiger partial charge in [0.1, 0.15) is 6.10 Å². The van der Waals surface area contributed by atoms with E-state index in [1.807, 2.05) is 24.3 Å². The number of rotatable bonds is 5. The van der Waals surface area contributed by atoms with Crippen LogP contribution in [0.3, 0.4) is 0 Å². The summed E-state index contributed by atoms with van der Waals surface area (Å²) in [4.78, 5) is 15.5. The first-order valence-corrected chi connectivity index (χ1v) is 11.8. The first-order chi connectivity index (χ1) is 14.6. The smallest absolute Gasteiger partial charge is 0.250 e. The quantitative estimate of drug-likeness (QED) is 0.809. The molecule has 1 aliphatic heterocycles. The number of morpholine rings is 1. The highest BCUT2D eigenvalue weighted by molar-refractivity contribution is 5.81. The SMILES string of the molecule is CCC(c1ccc(C#N)cc1)N1CCOC(C(=O)NC2C3CC4CC(C3)CC2C4)C1. The molecule has 5 fully saturated rings. The maximum absolute atomic E-state index is 13.2. The Morgan fingerprint density at radius 2 is 1.83 bits per heavy atom. The highest BCUT2D eigenvalue weighted by Crippen LogP contribution is 2.53. The highest BCUT2D eigenvalue weighted by Gasteiger charge is 2.49. The van der Waals surface area contributed by atoms with Crippen molar-refractivity contribution in [2.24, 2.45) is 23.7 Å². The molecule has 30 heavy (non-hydrogen) atoms. The van der Waals surface area contributed by atoms with E-state index in [0.29, 0.717) is 36.6 Å². The van der Waals surface area contributed by atoms with E-state index in [1.54, 1.807) is 0 Å². The molecule has 1 saturated heterocycles. The van der Waals surface area contributed by atoms with Gasteiger partial charge in [0.15, 0.2) is 0 Å². The summed E-state index contributed by atoms with van der Waals surface area (Å²) in [6.07, 6.45) is 7.26. The minimum absolute atomic E-state index is 0.0897. The molecule has 5 aliphatic rings. The van der Waals surface area contributed by atoms with Crippen LogP contribution in [0.2, 0.25) is 0 Å². The second-order valence-electron chi connectivity index (χ2n) is 9.98. The average Bonchev–Trinajstić information content (AvgIpc) is 2.77. The third kappa shape index (κ3) is 3.76. The molecular formula is C25H33N3O2.